The Labute approximate surface area is 111 Å². The maximum atomic E-state index is 11.7. The summed E-state index contributed by atoms with van der Waals surface area (Å²) < 4.78 is 5.23. The molecule has 5 heteroatoms. The fourth-order valence-corrected chi connectivity index (χ4v) is 2.69. The smallest absolute Gasteiger partial charge is 0.239 e. The minimum absolute atomic E-state index is 0.0312. The first-order valence-corrected chi connectivity index (χ1v) is 6.69. The maximum Gasteiger partial charge on any atom is 0.239 e. The average Bonchev–Trinajstić information content (AvgIpc) is 2.71. The van der Waals surface area contributed by atoms with Crippen molar-refractivity contribution in [2.75, 3.05) is 7.11 Å². The van der Waals surface area contributed by atoms with Crippen LogP contribution in [0.5, 0.6) is 5.75 Å². The van der Waals surface area contributed by atoms with Crippen molar-refractivity contribution in [2.24, 2.45) is 10.9 Å². The first kappa shape index (κ1) is 13.0. The standard InChI is InChI=1S/C13H16N2O2S/c1-8(2)11-12(16)15-13(18-11)14-9-6-4-5-7-10(9)17-3/h4-8,11H,1-3H3,(H,14,15,16). The molecule has 0 aliphatic carbocycles. The molecule has 1 unspecified atom stereocenters. The summed E-state index contributed by atoms with van der Waals surface area (Å²) in [5, 5.41) is 3.39. The molecule has 1 atom stereocenters. The normalized spacial score (nSPS) is 21.4. The van der Waals surface area contributed by atoms with Crippen LogP contribution in [0, 0.1) is 5.92 Å². The molecule has 1 aliphatic heterocycles. The van der Waals surface area contributed by atoms with Crippen LogP contribution in [-0.4, -0.2) is 23.4 Å². The predicted molar refractivity (Wildman–Crippen MR) is 74.4 cm³/mol. The van der Waals surface area contributed by atoms with Crippen molar-refractivity contribution in [3.05, 3.63) is 24.3 Å². The number of hydrogen-bond donors (Lipinski definition) is 1. The van der Waals surface area contributed by atoms with Crippen molar-refractivity contribution < 1.29 is 9.53 Å². The third-order valence-corrected chi connectivity index (χ3v) is 4.07. The van der Waals surface area contributed by atoms with E-state index in [9.17, 15) is 4.79 Å². The van der Waals surface area contributed by atoms with Crippen LogP contribution in [0.3, 0.4) is 0 Å². The number of amidine groups is 1. The van der Waals surface area contributed by atoms with Gasteiger partial charge in [-0.1, -0.05) is 37.7 Å². The second-order valence-electron chi connectivity index (χ2n) is 4.36. The van der Waals surface area contributed by atoms with Gasteiger partial charge in [-0.3, -0.25) is 4.79 Å². The molecule has 0 radical (unpaired) electrons. The van der Waals surface area contributed by atoms with Gasteiger partial charge in [-0.15, -0.1) is 0 Å². The Bertz CT molecular complexity index is 486. The minimum Gasteiger partial charge on any atom is -0.494 e. The second kappa shape index (κ2) is 5.44. The number of ether oxygens (including phenoxy) is 1. The number of benzene rings is 1. The van der Waals surface area contributed by atoms with Gasteiger partial charge in [-0.2, -0.15) is 0 Å². The summed E-state index contributed by atoms with van der Waals surface area (Å²) in [7, 11) is 1.61. The lowest BCUT2D eigenvalue weighted by Crippen LogP contribution is -2.27. The molecule has 1 aromatic rings. The van der Waals surface area contributed by atoms with Crippen LogP contribution in [0.15, 0.2) is 29.3 Å². The van der Waals surface area contributed by atoms with Gasteiger partial charge >= 0.3 is 0 Å². The van der Waals surface area contributed by atoms with E-state index in [-0.39, 0.29) is 11.2 Å². The maximum absolute atomic E-state index is 11.7. The number of carbonyl (C=O) groups excluding carboxylic acids is 1. The first-order chi connectivity index (χ1) is 8.61. The van der Waals surface area contributed by atoms with E-state index < -0.39 is 0 Å². The van der Waals surface area contributed by atoms with Gasteiger partial charge < -0.3 is 10.1 Å². The van der Waals surface area contributed by atoms with Crippen molar-refractivity contribution in [1.29, 1.82) is 0 Å². The van der Waals surface area contributed by atoms with Gasteiger partial charge in [0.05, 0.1) is 12.4 Å². The monoisotopic (exact) mass is 264 g/mol. The molecule has 1 heterocycles. The zero-order chi connectivity index (χ0) is 13.1. The predicted octanol–water partition coefficient (Wildman–Crippen LogP) is 2.57. The van der Waals surface area contributed by atoms with Crippen molar-refractivity contribution >= 4 is 28.5 Å². The summed E-state index contributed by atoms with van der Waals surface area (Å²) in [4.78, 5) is 16.2. The Balaban J connectivity index is 2.22. The Morgan fingerprint density at radius 3 is 2.72 bits per heavy atom. The van der Waals surface area contributed by atoms with Crippen LogP contribution in [0.2, 0.25) is 0 Å². The largest absolute Gasteiger partial charge is 0.494 e. The highest BCUT2D eigenvalue weighted by molar-refractivity contribution is 8.15. The molecular weight excluding hydrogens is 248 g/mol. The van der Waals surface area contributed by atoms with E-state index in [0.29, 0.717) is 16.8 Å². The number of amides is 1. The van der Waals surface area contributed by atoms with Gasteiger partial charge in [0.25, 0.3) is 0 Å². The quantitative estimate of drug-likeness (QED) is 0.913. The van der Waals surface area contributed by atoms with E-state index in [4.69, 9.17) is 4.74 Å². The van der Waals surface area contributed by atoms with Crippen molar-refractivity contribution in [2.45, 2.75) is 19.1 Å². The topological polar surface area (TPSA) is 50.7 Å². The van der Waals surface area contributed by atoms with E-state index in [2.05, 4.69) is 10.3 Å². The van der Waals surface area contributed by atoms with E-state index in [0.717, 1.165) is 5.69 Å². The lowest BCUT2D eigenvalue weighted by atomic mass is 10.1. The fourth-order valence-electron chi connectivity index (χ4n) is 1.70. The first-order valence-electron chi connectivity index (χ1n) is 5.81. The van der Waals surface area contributed by atoms with Crippen LogP contribution >= 0.6 is 11.8 Å². The lowest BCUT2D eigenvalue weighted by Gasteiger charge is -2.07. The molecule has 1 fully saturated rings. The molecule has 1 N–H and O–H groups in total. The summed E-state index contributed by atoms with van der Waals surface area (Å²) in [6, 6.07) is 7.49. The lowest BCUT2D eigenvalue weighted by molar-refractivity contribution is -0.119. The molecule has 1 aliphatic rings. The molecule has 18 heavy (non-hydrogen) atoms. The molecule has 4 nitrogen and oxygen atoms in total. The molecule has 1 amide bonds. The minimum atomic E-state index is -0.0570. The van der Waals surface area contributed by atoms with Gasteiger partial charge in [0.1, 0.15) is 11.4 Å². The summed E-state index contributed by atoms with van der Waals surface area (Å²) in [5.74, 6) is 1.02. The third kappa shape index (κ3) is 2.67. The van der Waals surface area contributed by atoms with Crippen LogP contribution in [0.25, 0.3) is 0 Å². The van der Waals surface area contributed by atoms with Crippen molar-refractivity contribution in [3.8, 4) is 5.75 Å². The zero-order valence-electron chi connectivity index (χ0n) is 10.6. The molecule has 0 saturated carbocycles. The second-order valence-corrected chi connectivity index (χ2v) is 5.49. The third-order valence-electron chi connectivity index (χ3n) is 2.64. The highest BCUT2D eigenvalue weighted by Gasteiger charge is 2.32. The molecular formula is C13H16N2O2S. The number of methoxy groups -OCH3 is 1. The Kier molecular flexibility index (Phi) is 3.91. The van der Waals surface area contributed by atoms with E-state index in [1.54, 1.807) is 7.11 Å². The fraction of sp³-hybridized carbons (Fsp3) is 0.385. The van der Waals surface area contributed by atoms with Crippen LogP contribution in [-0.2, 0) is 4.79 Å². The van der Waals surface area contributed by atoms with E-state index in [1.165, 1.54) is 11.8 Å². The van der Waals surface area contributed by atoms with Gasteiger partial charge in [0.15, 0.2) is 5.17 Å². The Morgan fingerprint density at radius 1 is 1.39 bits per heavy atom. The van der Waals surface area contributed by atoms with Gasteiger partial charge in [0.2, 0.25) is 5.91 Å². The molecule has 0 aromatic heterocycles. The number of aliphatic imine (C=N–C) groups is 1. The molecule has 0 spiro atoms. The number of rotatable bonds is 3. The number of carbonyl (C=O) groups is 1. The van der Waals surface area contributed by atoms with Crippen LogP contribution < -0.4 is 10.1 Å². The van der Waals surface area contributed by atoms with E-state index in [1.807, 2.05) is 38.1 Å². The van der Waals surface area contributed by atoms with E-state index >= 15 is 0 Å². The summed E-state index contributed by atoms with van der Waals surface area (Å²) in [6.07, 6.45) is 0. The van der Waals surface area contributed by atoms with Crippen molar-refractivity contribution in [1.82, 2.24) is 5.32 Å². The van der Waals surface area contributed by atoms with Gasteiger partial charge in [-0.05, 0) is 18.1 Å². The Hall–Kier alpha value is -1.49. The molecule has 2 rings (SSSR count). The number of para-hydroxylation sites is 2. The molecule has 1 saturated heterocycles. The number of thioether (sulfide) groups is 1. The average molecular weight is 264 g/mol. The number of nitrogens with one attached hydrogen (secondary N) is 1. The summed E-state index contributed by atoms with van der Waals surface area (Å²) in [5.41, 5.74) is 0.729. The van der Waals surface area contributed by atoms with Crippen LogP contribution in [0.4, 0.5) is 5.69 Å². The highest BCUT2D eigenvalue weighted by atomic mass is 32.2. The SMILES string of the molecule is COc1ccccc1N=C1NC(=O)C(C(C)C)S1. The summed E-state index contributed by atoms with van der Waals surface area (Å²) >= 11 is 1.47. The molecule has 96 valence electrons. The number of nitrogens with zero attached hydrogens (tertiary/aromatic N) is 1. The molecule has 1 aromatic carbocycles. The van der Waals surface area contributed by atoms with Crippen molar-refractivity contribution in [3.63, 3.8) is 0 Å². The van der Waals surface area contributed by atoms with Crippen LogP contribution in [0.1, 0.15) is 13.8 Å². The van der Waals surface area contributed by atoms with Gasteiger partial charge in [0, 0.05) is 0 Å². The van der Waals surface area contributed by atoms with Gasteiger partial charge in [-0.25, -0.2) is 4.99 Å². The highest BCUT2D eigenvalue weighted by Crippen LogP contribution is 2.31. The zero-order valence-corrected chi connectivity index (χ0v) is 11.5. The molecule has 0 bridgehead atoms. The number of hydrogen-bond acceptors (Lipinski definition) is 4. The Morgan fingerprint density at radius 2 is 2.11 bits per heavy atom. The summed E-state index contributed by atoms with van der Waals surface area (Å²) in [6.45, 7) is 4.06.